The standard InChI is InChI=1S/C25H28N4O3/c1-32-20-12-10-18(11-13-20)22-23(24(26)31)28-25(27-22)19-8-5-15-29(16-19)21(30)14-9-17-6-3-2-4-7-17/h2-4,6-7,10-13,19H,5,8-9,14-16H2,1H3,(H2,26,31)(H,27,28)/t19-/m1/s1. The molecule has 0 unspecified atom stereocenters. The molecule has 0 saturated carbocycles. The second-order valence-electron chi connectivity index (χ2n) is 8.10. The van der Waals surface area contributed by atoms with Crippen LogP contribution in [0.2, 0.25) is 0 Å². The monoisotopic (exact) mass is 432 g/mol. The van der Waals surface area contributed by atoms with E-state index in [0.29, 0.717) is 24.5 Å². The molecule has 2 amide bonds. The first-order chi connectivity index (χ1) is 15.5. The summed E-state index contributed by atoms with van der Waals surface area (Å²) < 4.78 is 5.21. The molecule has 0 bridgehead atoms. The molecule has 0 spiro atoms. The number of H-pyrrole nitrogens is 1. The van der Waals surface area contributed by atoms with Gasteiger partial charge in [-0.1, -0.05) is 30.3 Å². The number of nitrogens with two attached hydrogens (primary N) is 1. The van der Waals surface area contributed by atoms with Crippen molar-refractivity contribution in [2.24, 2.45) is 5.73 Å². The number of methoxy groups -OCH3 is 1. The SMILES string of the molecule is COc1ccc(-c2nc([C@@H]3CCCN(C(=O)CCc4ccccc4)C3)[nH]c2C(N)=O)cc1. The number of nitrogens with one attached hydrogen (secondary N) is 1. The average molecular weight is 433 g/mol. The van der Waals surface area contributed by atoms with Crippen LogP contribution in [-0.2, 0) is 11.2 Å². The predicted molar refractivity (Wildman–Crippen MR) is 122 cm³/mol. The second kappa shape index (κ2) is 9.68. The number of hydrogen-bond acceptors (Lipinski definition) is 4. The van der Waals surface area contributed by atoms with Gasteiger partial charge in [0.2, 0.25) is 5.91 Å². The zero-order chi connectivity index (χ0) is 22.5. The predicted octanol–water partition coefficient (Wildman–Crippen LogP) is 3.52. The number of aromatic amines is 1. The first-order valence-electron chi connectivity index (χ1n) is 10.9. The smallest absolute Gasteiger partial charge is 0.267 e. The maximum atomic E-state index is 12.8. The van der Waals surface area contributed by atoms with Gasteiger partial charge in [-0.05, 0) is 49.1 Å². The third-order valence-corrected chi connectivity index (χ3v) is 5.96. The molecule has 1 saturated heterocycles. The Morgan fingerprint density at radius 1 is 1.16 bits per heavy atom. The van der Waals surface area contributed by atoms with Crippen LogP contribution in [0.4, 0.5) is 0 Å². The van der Waals surface area contributed by atoms with E-state index < -0.39 is 5.91 Å². The zero-order valence-corrected chi connectivity index (χ0v) is 18.2. The number of ether oxygens (including phenoxy) is 1. The van der Waals surface area contributed by atoms with Gasteiger partial charge in [0.1, 0.15) is 23.0 Å². The number of aryl methyl sites for hydroxylation is 1. The molecule has 32 heavy (non-hydrogen) atoms. The molecule has 0 aliphatic carbocycles. The van der Waals surface area contributed by atoms with Gasteiger partial charge in [-0.3, -0.25) is 9.59 Å². The van der Waals surface area contributed by atoms with Gasteiger partial charge in [0.05, 0.1) is 7.11 Å². The van der Waals surface area contributed by atoms with Crippen LogP contribution in [0.3, 0.4) is 0 Å². The fourth-order valence-corrected chi connectivity index (χ4v) is 4.20. The number of nitrogens with zero attached hydrogens (tertiary/aromatic N) is 2. The van der Waals surface area contributed by atoms with E-state index in [9.17, 15) is 9.59 Å². The van der Waals surface area contributed by atoms with Crippen LogP contribution in [0, 0.1) is 0 Å². The summed E-state index contributed by atoms with van der Waals surface area (Å²) in [6.07, 6.45) is 3.01. The van der Waals surface area contributed by atoms with Crippen LogP contribution in [0.5, 0.6) is 5.75 Å². The first kappa shape index (κ1) is 21.6. The minimum atomic E-state index is -0.554. The maximum Gasteiger partial charge on any atom is 0.267 e. The molecule has 1 aromatic heterocycles. The summed E-state index contributed by atoms with van der Waals surface area (Å²) in [5.74, 6) is 1.05. The Balaban J connectivity index is 1.49. The van der Waals surface area contributed by atoms with Gasteiger partial charge in [0.15, 0.2) is 0 Å². The molecule has 3 N–H and O–H groups in total. The van der Waals surface area contributed by atoms with Gasteiger partial charge in [-0.15, -0.1) is 0 Å². The molecule has 166 valence electrons. The lowest BCUT2D eigenvalue weighted by molar-refractivity contribution is -0.132. The zero-order valence-electron chi connectivity index (χ0n) is 18.2. The molecular weight excluding hydrogens is 404 g/mol. The van der Waals surface area contributed by atoms with Gasteiger partial charge in [0, 0.05) is 31.0 Å². The molecule has 7 heteroatoms. The second-order valence-corrected chi connectivity index (χ2v) is 8.10. The highest BCUT2D eigenvalue weighted by Gasteiger charge is 2.28. The molecule has 1 aliphatic rings. The molecule has 1 aliphatic heterocycles. The number of aromatic nitrogens is 2. The molecule has 0 radical (unpaired) electrons. The van der Waals surface area contributed by atoms with E-state index in [-0.39, 0.29) is 17.5 Å². The topological polar surface area (TPSA) is 101 Å². The van der Waals surface area contributed by atoms with E-state index in [1.54, 1.807) is 7.11 Å². The van der Waals surface area contributed by atoms with Crippen molar-refractivity contribution in [3.63, 3.8) is 0 Å². The summed E-state index contributed by atoms with van der Waals surface area (Å²) in [6, 6.07) is 17.4. The Kier molecular flexibility index (Phi) is 6.54. The Morgan fingerprint density at radius 3 is 2.59 bits per heavy atom. The maximum absolute atomic E-state index is 12.8. The molecule has 2 heterocycles. The molecule has 2 aromatic carbocycles. The minimum absolute atomic E-state index is 0.0366. The van der Waals surface area contributed by atoms with Gasteiger partial charge < -0.3 is 20.4 Å². The number of carbonyl (C=O) groups excluding carboxylic acids is 2. The van der Waals surface area contributed by atoms with E-state index in [1.165, 1.54) is 0 Å². The van der Waals surface area contributed by atoms with Gasteiger partial charge in [0.25, 0.3) is 5.91 Å². The summed E-state index contributed by atoms with van der Waals surface area (Å²) in [6.45, 7) is 1.33. The number of imidazole rings is 1. The van der Waals surface area contributed by atoms with Crippen LogP contribution in [0.15, 0.2) is 54.6 Å². The molecule has 7 nitrogen and oxygen atoms in total. The highest BCUT2D eigenvalue weighted by molar-refractivity contribution is 5.97. The molecule has 1 fully saturated rings. The van der Waals surface area contributed by atoms with E-state index in [0.717, 1.165) is 42.7 Å². The number of benzene rings is 2. The highest BCUT2D eigenvalue weighted by atomic mass is 16.5. The molecule has 3 aromatic rings. The van der Waals surface area contributed by atoms with Crippen molar-refractivity contribution in [3.8, 4) is 17.0 Å². The number of likely N-dealkylation sites (tertiary alicyclic amines) is 1. The average Bonchev–Trinajstić information content (AvgIpc) is 3.29. The van der Waals surface area contributed by atoms with Crippen molar-refractivity contribution in [1.82, 2.24) is 14.9 Å². The molecular formula is C25H28N4O3. The number of piperidine rings is 1. The van der Waals surface area contributed by atoms with Crippen LogP contribution in [0.1, 0.15) is 47.1 Å². The van der Waals surface area contributed by atoms with E-state index in [4.69, 9.17) is 15.5 Å². The van der Waals surface area contributed by atoms with Crippen molar-refractivity contribution in [1.29, 1.82) is 0 Å². The van der Waals surface area contributed by atoms with Crippen LogP contribution in [-0.4, -0.2) is 46.9 Å². The minimum Gasteiger partial charge on any atom is -0.497 e. The van der Waals surface area contributed by atoms with Crippen LogP contribution >= 0.6 is 0 Å². The highest BCUT2D eigenvalue weighted by Crippen LogP contribution is 2.30. The lowest BCUT2D eigenvalue weighted by Crippen LogP contribution is -2.39. The Hall–Kier alpha value is -3.61. The molecule has 1 atom stereocenters. The van der Waals surface area contributed by atoms with E-state index in [1.807, 2.05) is 59.5 Å². The van der Waals surface area contributed by atoms with Gasteiger partial charge in [-0.2, -0.15) is 0 Å². The number of carbonyl (C=O) groups is 2. The fourth-order valence-electron chi connectivity index (χ4n) is 4.20. The van der Waals surface area contributed by atoms with E-state index in [2.05, 4.69) is 4.98 Å². The van der Waals surface area contributed by atoms with Crippen LogP contribution in [0.25, 0.3) is 11.3 Å². The third kappa shape index (κ3) is 4.82. The number of primary amides is 1. The lowest BCUT2D eigenvalue weighted by Gasteiger charge is -2.32. The van der Waals surface area contributed by atoms with Crippen molar-refractivity contribution in [3.05, 3.63) is 71.7 Å². The quantitative estimate of drug-likeness (QED) is 0.596. The van der Waals surface area contributed by atoms with Crippen molar-refractivity contribution >= 4 is 11.8 Å². The lowest BCUT2D eigenvalue weighted by atomic mass is 9.96. The largest absolute Gasteiger partial charge is 0.497 e. The van der Waals surface area contributed by atoms with Gasteiger partial charge in [-0.25, -0.2) is 4.98 Å². The summed E-state index contributed by atoms with van der Waals surface area (Å²) in [4.78, 5) is 34.7. The number of hydrogen-bond donors (Lipinski definition) is 2. The van der Waals surface area contributed by atoms with Crippen molar-refractivity contribution < 1.29 is 14.3 Å². The Morgan fingerprint density at radius 2 is 1.91 bits per heavy atom. The summed E-state index contributed by atoms with van der Waals surface area (Å²) >= 11 is 0. The Labute approximate surface area is 187 Å². The van der Waals surface area contributed by atoms with Crippen LogP contribution < -0.4 is 10.5 Å². The Bertz CT molecular complexity index is 1080. The first-order valence-corrected chi connectivity index (χ1v) is 10.9. The summed E-state index contributed by atoms with van der Waals surface area (Å²) in [7, 11) is 1.60. The van der Waals surface area contributed by atoms with Crippen molar-refractivity contribution in [2.75, 3.05) is 20.2 Å². The van der Waals surface area contributed by atoms with E-state index >= 15 is 0 Å². The van der Waals surface area contributed by atoms with Gasteiger partial charge >= 0.3 is 0 Å². The molecule has 4 rings (SSSR count). The normalized spacial score (nSPS) is 16.0. The third-order valence-electron chi connectivity index (χ3n) is 5.96. The number of amides is 2. The fraction of sp³-hybridized carbons (Fsp3) is 0.320. The number of rotatable bonds is 7. The van der Waals surface area contributed by atoms with Crippen molar-refractivity contribution in [2.45, 2.75) is 31.6 Å². The summed E-state index contributed by atoms with van der Waals surface area (Å²) in [5, 5.41) is 0. The summed E-state index contributed by atoms with van der Waals surface area (Å²) in [5.41, 5.74) is 8.39.